The van der Waals surface area contributed by atoms with Gasteiger partial charge in [0.2, 0.25) is 5.91 Å². The molecule has 2 aliphatic rings. The highest BCUT2D eigenvalue weighted by Crippen LogP contribution is 2.33. The molecule has 1 saturated heterocycles. The van der Waals surface area contributed by atoms with Crippen LogP contribution in [0.3, 0.4) is 0 Å². The van der Waals surface area contributed by atoms with Crippen molar-refractivity contribution >= 4 is 11.9 Å². The van der Waals surface area contributed by atoms with Gasteiger partial charge in [-0.1, -0.05) is 19.3 Å². The number of carboxylic acid groups (broad SMARTS) is 1. The minimum Gasteiger partial charge on any atom is -0.481 e. The molecule has 0 aromatic rings. The fourth-order valence-electron chi connectivity index (χ4n) is 3.56. The quantitative estimate of drug-likeness (QED) is 0.856. The number of likely N-dealkylation sites (tertiary alicyclic amines) is 1. The molecule has 0 radical (unpaired) electrons. The second kappa shape index (κ2) is 6.57. The summed E-state index contributed by atoms with van der Waals surface area (Å²) < 4.78 is 5.10. The summed E-state index contributed by atoms with van der Waals surface area (Å²) in [6.45, 7) is 1.16. The van der Waals surface area contributed by atoms with Crippen molar-refractivity contribution in [2.45, 2.75) is 44.9 Å². The van der Waals surface area contributed by atoms with Crippen LogP contribution in [0.5, 0.6) is 0 Å². The lowest BCUT2D eigenvalue weighted by Gasteiger charge is -2.41. The molecule has 1 atom stereocenters. The van der Waals surface area contributed by atoms with Gasteiger partial charge in [-0.25, -0.2) is 0 Å². The zero-order valence-corrected chi connectivity index (χ0v) is 12.3. The number of hydrogen-bond donors (Lipinski definition) is 1. The zero-order valence-electron chi connectivity index (χ0n) is 12.3. The largest absolute Gasteiger partial charge is 0.481 e. The van der Waals surface area contributed by atoms with E-state index in [1.807, 2.05) is 0 Å². The Morgan fingerprint density at radius 3 is 2.55 bits per heavy atom. The van der Waals surface area contributed by atoms with E-state index in [-0.39, 0.29) is 18.4 Å². The SMILES string of the molecule is COCC1(C(=O)O)CCCN(C(=O)C2CCCCC2)C1. The molecule has 0 aromatic heterocycles. The number of aliphatic carboxylic acids is 1. The van der Waals surface area contributed by atoms with Gasteiger partial charge >= 0.3 is 5.97 Å². The number of piperidine rings is 1. The van der Waals surface area contributed by atoms with E-state index in [2.05, 4.69) is 0 Å². The van der Waals surface area contributed by atoms with E-state index in [1.165, 1.54) is 13.5 Å². The number of ether oxygens (including phenoxy) is 1. The van der Waals surface area contributed by atoms with Gasteiger partial charge in [0.05, 0.1) is 6.61 Å². The summed E-state index contributed by atoms with van der Waals surface area (Å²) in [6.07, 6.45) is 6.70. The van der Waals surface area contributed by atoms with E-state index < -0.39 is 11.4 Å². The molecule has 2 rings (SSSR count). The van der Waals surface area contributed by atoms with Crippen molar-refractivity contribution in [1.29, 1.82) is 0 Å². The third kappa shape index (κ3) is 3.14. The van der Waals surface area contributed by atoms with Crippen molar-refractivity contribution in [3.05, 3.63) is 0 Å². The molecule has 1 aliphatic carbocycles. The summed E-state index contributed by atoms with van der Waals surface area (Å²) in [7, 11) is 1.52. The number of amides is 1. The Hall–Kier alpha value is -1.10. The maximum atomic E-state index is 12.6. The lowest BCUT2D eigenvalue weighted by molar-refractivity contribution is -0.160. The summed E-state index contributed by atoms with van der Waals surface area (Å²) in [6, 6.07) is 0. The van der Waals surface area contributed by atoms with E-state index in [0.717, 1.165) is 32.1 Å². The van der Waals surface area contributed by atoms with Crippen LogP contribution >= 0.6 is 0 Å². The van der Waals surface area contributed by atoms with Gasteiger partial charge in [-0.05, 0) is 25.7 Å². The first-order chi connectivity index (χ1) is 9.59. The van der Waals surface area contributed by atoms with Crippen LogP contribution in [0.15, 0.2) is 0 Å². The summed E-state index contributed by atoms with van der Waals surface area (Å²) in [5, 5.41) is 9.51. The average Bonchev–Trinajstić information content (AvgIpc) is 2.48. The van der Waals surface area contributed by atoms with Crippen molar-refractivity contribution in [3.8, 4) is 0 Å². The van der Waals surface area contributed by atoms with Crippen molar-refractivity contribution in [2.75, 3.05) is 26.8 Å². The number of hydrogen-bond acceptors (Lipinski definition) is 3. The molecule has 0 bridgehead atoms. The van der Waals surface area contributed by atoms with Gasteiger partial charge in [-0.2, -0.15) is 0 Å². The Balaban J connectivity index is 2.04. The summed E-state index contributed by atoms with van der Waals surface area (Å²) >= 11 is 0. The molecule has 1 aliphatic heterocycles. The van der Waals surface area contributed by atoms with Gasteiger partial charge in [-0.3, -0.25) is 9.59 Å². The van der Waals surface area contributed by atoms with E-state index in [4.69, 9.17) is 4.74 Å². The van der Waals surface area contributed by atoms with Gasteiger partial charge in [0.1, 0.15) is 5.41 Å². The molecule has 20 heavy (non-hydrogen) atoms. The zero-order chi connectivity index (χ0) is 14.6. The highest BCUT2D eigenvalue weighted by atomic mass is 16.5. The highest BCUT2D eigenvalue weighted by Gasteiger charge is 2.44. The molecule has 5 nitrogen and oxygen atoms in total. The predicted octanol–water partition coefficient (Wildman–Crippen LogP) is 1.91. The molecule has 1 N–H and O–H groups in total. The van der Waals surface area contributed by atoms with Crippen LogP contribution in [0.2, 0.25) is 0 Å². The molecule has 1 amide bonds. The molecule has 5 heteroatoms. The second-order valence-corrected chi connectivity index (χ2v) is 6.22. The first-order valence-electron chi connectivity index (χ1n) is 7.60. The fraction of sp³-hybridized carbons (Fsp3) is 0.867. The Labute approximate surface area is 120 Å². The van der Waals surface area contributed by atoms with Crippen LogP contribution in [0.1, 0.15) is 44.9 Å². The summed E-state index contributed by atoms with van der Waals surface area (Å²) in [5.74, 6) is -0.581. The number of carboxylic acids is 1. The molecule has 1 heterocycles. The van der Waals surface area contributed by atoms with E-state index >= 15 is 0 Å². The third-order valence-corrected chi connectivity index (χ3v) is 4.72. The number of carbonyl (C=O) groups excluding carboxylic acids is 1. The molecule has 2 fully saturated rings. The smallest absolute Gasteiger partial charge is 0.313 e. The van der Waals surface area contributed by atoms with Gasteiger partial charge < -0.3 is 14.7 Å². The van der Waals surface area contributed by atoms with E-state index in [1.54, 1.807) is 4.90 Å². The highest BCUT2D eigenvalue weighted by molar-refractivity contribution is 5.81. The fourth-order valence-corrected chi connectivity index (χ4v) is 3.56. The minimum atomic E-state index is -0.919. The Morgan fingerprint density at radius 2 is 1.95 bits per heavy atom. The first kappa shape index (κ1) is 15.3. The van der Waals surface area contributed by atoms with Gasteiger partial charge in [-0.15, -0.1) is 0 Å². The van der Waals surface area contributed by atoms with Gasteiger partial charge in [0.25, 0.3) is 0 Å². The molecular formula is C15H25NO4. The summed E-state index contributed by atoms with van der Waals surface area (Å²) in [4.78, 5) is 25.9. The Bertz CT molecular complexity index is 361. The molecular weight excluding hydrogens is 258 g/mol. The van der Waals surface area contributed by atoms with Crippen molar-refractivity contribution in [2.24, 2.45) is 11.3 Å². The molecule has 114 valence electrons. The molecule has 0 spiro atoms. The maximum absolute atomic E-state index is 12.6. The number of nitrogens with zero attached hydrogens (tertiary/aromatic N) is 1. The topological polar surface area (TPSA) is 66.8 Å². The number of methoxy groups -OCH3 is 1. The average molecular weight is 283 g/mol. The van der Waals surface area contributed by atoms with E-state index in [0.29, 0.717) is 19.5 Å². The lowest BCUT2D eigenvalue weighted by Crippen LogP contribution is -2.53. The van der Waals surface area contributed by atoms with Crippen LogP contribution in [0, 0.1) is 11.3 Å². The minimum absolute atomic E-state index is 0.107. The van der Waals surface area contributed by atoms with Crippen molar-refractivity contribution in [1.82, 2.24) is 4.90 Å². The van der Waals surface area contributed by atoms with Crippen molar-refractivity contribution in [3.63, 3.8) is 0 Å². The van der Waals surface area contributed by atoms with Crippen LogP contribution in [-0.4, -0.2) is 48.7 Å². The third-order valence-electron chi connectivity index (χ3n) is 4.72. The van der Waals surface area contributed by atoms with Crippen LogP contribution in [0.4, 0.5) is 0 Å². The number of carbonyl (C=O) groups is 2. The lowest BCUT2D eigenvalue weighted by atomic mass is 9.79. The Kier molecular flexibility index (Phi) is 5.02. The van der Waals surface area contributed by atoms with E-state index in [9.17, 15) is 14.7 Å². The monoisotopic (exact) mass is 283 g/mol. The van der Waals surface area contributed by atoms with Crippen LogP contribution < -0.4 is 0 Å². The normalized spacial score (nSPS) is 28.4. The van der Waals surface area contributed by atoms with Gasteiger partial charge in [0.15, 0.2) is 0 Å². The second-order valence-electron chi connectivity index (χ2n) is 6.22. The van der Waals surface area contributed by atoms with Crippen LogP contribution in [-0.2, 0) is 14.3 Å². The first-order valence-corrected chi connectivity index (χ1v) is 7.60. The number of rotatable bonds is 4. The van der Waals surface area contributed by atoms with Gasteiger partial charge in [0, 0.05) is 26.1 Å². The standard InChI is InChI=1S/C15H25NO4/c1-20-11-15(14(18)19)8-5-9-16(10-15)13(17)12-6-3-2-4-7-12/h12H,2-11H2,1H3,(H,18,19). The molecule has 1 unspecified atom stereocenters. The molecule has 0 aromatic carbocycles. The Morgan fingerprint density at radius 1 is 1.25 bits per heavy atom. The molecule has 1 saturated carbocycles. The van der Waals surface area contributed by atoms with Crippen molar-refractivity contribution < 1.29 is 19.4 Å². The maximum Gasteiger partial charge on any atom is 0.313 e. The predicted molar refractivity (Wildman–Crippen MR) is 74.3 cm³/mol. The van der Waals surface area contributed by atoms with Crippen LogP contribution in [0.25, 0.3) is 0 Å². The summed E-state index contributed by atoms with van der Waals surface area (Å²) in [5.41, 5.74) is -0.919.